The molecule has 1 aromatic heterocycles. The molecule has 3 unspecified atom stereocenters. The maximum Gasteiger partial charge on any atom is 0.224 e. The van der Waals surface area contributed by atoms with Crippen molar-refractivity contribution in [2.24, 2.45) is 0 Å². The highest BCUT2D eigenvalue weighted by molar-refractivity contribution is 5.34. The zero-order valence-corrected chi connectivity index (χ0v) is 9.68. The van der Waals surface area contributed by atoms with Gasteiger partial charge in [0.05, 0.1) is 18.2 Å². The highest BCUT2D eigenvalue weighted by atomic mass is 16.5. The SMILES string of the molecule is Cc1cc(C#N)nc(NC2CC3CCC2O3)n1. The lowest BCUT2D eigenvalue weighted by atomic mass is 9.96. The van der Waals surface area contributed by atoms with E-state index in [9.17, 15) is 0 Å². The van der Waals surface area contributed by atoms with Gasteiger partial charge in [0.2, 0.25) is 5.95 Å². The van der Waals surface area contributed by atoms with Gasteiger partial charge >= 0.3 is 0 Å². The summed E-state index contributed by atoms with van der Waals surface area (Å²) in [4.78, 5) is 8.46. The Bertz CT molecular complexity index is 482. The molecule has 0 saturated carbocycles. The monoisotopic (exact) mass is 230 g/mol. The number of fused-ring (bicyclic) bond motifs is 2. The quantitative estimate of drug-likeness (QED) is 0.831. The molecule has 2 fully saturated rings. The minimum absolute atomic E-state index is 0.287. The third-order valence-corrected chi connectivity index (χ3v) is 3.39. The number of ether oxygens (including phenoxy) is 1. The third-order valence-electron chi connectivity index (χ3n) is 3.39. The number of aryl methyl sites for hydroxylation is 1. The van der Waals surface area contributed by atoms with Crippen molar-refractivity contribution in [2.75, 3.05) is 5.32 Å². The third kappa shape index (κ3) is 1.96. The molecule has 5 heteroatoms. The molecule has 0 aromatic carbocycles. The predicted octanol–water partition coefficient (Wildman–Crippen LogP) is 1.39. The number of hydrogen-bond acceptors (Lipinski definition) is 5. The first-order valence-electron chi connectivity index (χ1n) is 5.92. The van der Waals surface area contributed by atoms with Gasteiger partial charge in [0.15, 0.2) is 0 Å². The van der Waals surface area contributed by atoms with Gasteiger partial charge in [-0.05, 0) is 32.3 Å². The van der Waals surface area contributed by atoms with Crippen LogP contribution in [0.3, 0.4) is 0 Å². The predicted molar refractivity (Wildman–Crippen MR) is 61.4 cm³/mol. The van der Waals surface area contributed by atoms with Gasteiger partial charge in [0.1, 0.15) is 11.8 Å². The fourth-order valence-electron chi connectivity index (χ4n) is 2.65. The van der Waals surface area contributed by atoms with Gasteiger partial charge in [-0.2, -0.15) is 5.26 Å². The maximum atomic E-state index is 8.86. The molecule has 3 atom stereocenters. The average molecular weight is 230 g/mol. The molecule has 0 aliphatic carbocycles. The fourth-order valence-corrected chi connectivity index (χ4v) is 2.65. The van der Waals surface area contributed by atoms with Crippen molar-refractivity contribution in [1.29, 1.82) is 5.26 Å². The summed E-state index contributed by atoms with van der Waals surface area (Å²) in [6.07, 6.45) is 3.98. The number of nitrogens with one attached hydrogen (secondary N) is 1. The van der Waals surface area contributed by atoms with Gasteiger partial charge < -0.3 is 10.1 Å². The van der Waals surface area contributed by atoms with E-state index < -0.39 is 0 Å². The highest BCUT2D eigenvalue weighted by Gasteiger charge is 2.41. The minimum atomic E-state index is 0.287. The summed E-state index contributed by atoms with van der Waals surface area (Å²) in [6, 6.07) is 4.02. The summed E-state index contributed by atoms with van der Waals surface area (Å²) >= 11 is 0. The van der Waals surface area contributed by atoms with Gasteiger partial charge in [-0.3, -0.25) is 0 Å². The van der Waals surface area contributed by atoms with E-state index in [4.69, 9.17) is 10.00 Å². The second-order valence-electron chi connectivity index (χ2n) is 4.69. The summed E-state index contributed by atoms with van der Waals surface area (Å²) in [6.45, 7) is 1.87. The van der Waals surface area contributed by atoms with Crippen LogP contribution in [0.25, 0.3) is 0 Å². The second kappa shape index (κ2) is 3.97. The Morgan fingerprint density at radius 3 is 3.00 bits per heavy atom. The minimum Gasteiger partial charge on any atom is -0.373 e. The number of aromatic nitrogens is 2. The van der Waals surface area contributed by atoms with Gasteiger partial charge in [-0.1, -0.05) is 0 Å². The summed E-state index contributed by atoms with van der Waals surface area (Å²) in [5.41, 5.74) is 1.21. The Balaban J connectivity index is 1.77. The van der Waals surface area contributed by atoms with Crippen LogP contribution in [-0.2, 0) is 4.74 Å². The van der Waals surface area contributed by atoms with E-state index in [1.807, 2.05) is 13.0 Å². The lowest BCUT2D eigenvalue weighted by molar-refractivity contribution is 0.102. The van der Waals surface area contributed by atoms with E-state index in [-0.39, 0.29) is 6.10 Å². The molecule has 1 aromatic rings. The Kier molecular flexibility index (Phi) is 2.45. The van der Waals surface area contributed by atoms with Crippen molar-refractivity contribution < 1.29 is 4.74 Å². The lowest BCUT2D eigenvalue weighted by Crippen LogP contribution is -2.31. The molecule has 0 radical (unpaired) electrons. The summed E-state index contributed by atoms with van der Waals surface area (Å²) in [7, 11) is 0. The molecule has 17 heavy (non-hydrogen) atoms. The second-order valence-corrected chi connectivity index (χ2v) is 4.69. The lowest BCUT2D eigenvalue weighted by Gasteiger charge is -2.20. The van der Waals surface area contributed by atoms with E-state index in [0.29, 0.717) is 23.8 Å². The number of nitrogens with zero attached hydrogens (tertiary/aromatic N) is 3. The van der Waals surface area contributed by atoms with E-state index in [1.54, 1.807) is 6.07 Å². The molecule has 2 aliphatic heterocycles. The highest BCUT2D eigenvalue weighted by Crippen LogP contribution is 2.35. The van der Waals surface area contributed by atoms with E-state index in [0.717, 1.165) is 18.5 Å². The zero-order chi connectivity index (χ0) is 11.8. The normalized spacial score (nSPS) is 30.2. The largest absolute Gasteiger partial charge is 0.373 e. The van der Waals surface area contributed by atoms with E-state index >= 15 is 0 Å². The van der Waals surface area contributed by atoms with Crippen LogP contribution >= 0.6 is 0 Å². The van der Waals surface area contributed by atoms with Gasteiger partial charge in [0, 0.05) is 5.69 Å². The van der Waals surface area contributed by atoms with Crippen LogP contribution < -0.4 is 5.32 Å². The van der Waals surface area contributed by atoms with Crippen LogP contribution in [0.5, 0.6) is 0 Å². The Hall–Kier alpha value is -1.67. The molecule has 0 amide bonds. The van der Waals surface area contributed by atoms with Crippen LogP contribution in [0.1, 0.15) is 30.7 Å². The van der Waals surface area contributed by atoms with Crippen molar-refractivity contribution >= 4 is 5.95 Å². The van der Waals surface area contributed by atoms with Crippen LogP contribution in [0.4, 0.5) is 5.95 Å². The summed E-state index contributed by atoms with van der Waals surface area (Å²) in [5, 5.41) is 12.1. The van der Waals surface area contributed by atoms with E-state index in [2.05, 4.69) is 15.3 Å². The molecule has 2 saturated heterocycles. The molecular formula is C12H14N4O. The van der Waals surface area contributed by atoms with Crippen LogP contribution in [-0.4, -0.2) is 28.2 Å². The smallest absolute Gasteiger partial charge is 0.224 e. The van der Waals surface area contributed by atoms with Crippen molar-refractivity contribution in [3.8, 4) is 6.07 Å². The zero-order valence-electron chi connectivity index (χ0n) is 9.68. The summed E-state index contributed by atoms with van der Waals surface area (Å²) < 4.78 is 5.76. The number of nitriles is 1. The van der Waals surface area contributed by atoms with Gasteiger partial charge in [0.25, 0.3) is 0 Å². The number of anilines is 1. The van der Waals surface area contributed by atoms with Crippen molar-refractivity contribution in [2.45, 2.75) is 44.4 Å². The topological polar surface area (TPSA) is 70.8 Å². The molecule has 0 spiro atoms. The average Bonchev–Trinajstić information content (AvgIpc) is 2.90. The fraction of sp³-hybridized carbons (Fsp3) is 0.583. The Morgan fingerprint density at radius 2 is 2.35 bits per heavy atom. The summed E-state index contributed by atoms with van der Waals surface area (Å²) in [5.74, 6) is 0.544. The standard InChI is InChI=1S/C12H14N4O/c1-7-4-8(6-13)15-12(14-7)16-10-5-9-2-3-11(10)17-9/h4,9-11H,2-3,5H2,1H3,(H,14,15,16). The first-order chi connectivity index (χ1) is 8.24. The van der Waals surface area contributed by atoms with Crippen LogP contribution in [0.15, 0.2) is 6.07 Å². The van der Waals surface area contributed by atoms with Gasteiger partial charge in [-0.25, -0.2) is 9.97 Å². The maximum absolute atomic E-state index is 8.86. The Labute approximate surface area is 99.8 Å². The van der Waals surface area contributed by atoms with Gasteiger partial charge in [-0.15, -0.1) is 0 Å². The molecule has 3 heterocycles. The molecule has 2 aliphatic rings. The van der Waals surface area contributed by atoms with Crippen LogP contribution in [0.2, 0.25) is 0 Å². The molecule has 3 rings (SSSR count). The molecule has 5 nitrogen and oxygen atoms in total. The number of hydrogen-bond donors (Lipinski definition) is 1. The van der Waals surface area contributed by atoms with E-state index in [1.165, 1.54) is 6.42 Å². The molecule has 88 valence electrons. The van der Waals surface area contributed by atoms with Crippen molar-refractivity contribution in [3.05, 3.63) is 17.5 Å². The molecular weight excluding hydrogens is 216 g/mol. The van der Waals surface area contributed by atoms with Crippen LogP contribution in [0, 0.1) is 18.3 Å². The van der Waals surface area contributed by atoms with Crippen molar-refractivity contribution in [1.82, 2.24) is 9.97 Å². The Morgan fingerprint density at radius 1 is 1.47 bits per heavy atom. The number of rotatable bonds is 2. The molecule has 1 N–H and O–H groups in total. The van der Waals surface area contributed by atoms with Crippen molar-refractivity contribution in [3.63, 3.8) is 0 Å². The first-order valence-corrected chi connectivity index (χ1v) is 5.92. The molecule has 2 bridgehead atoms. The first kappa shape index (κ1) is 10.5.